The fraction of sp³-hybridized carbons (Fsp3) is 0.488. The Morgan fingerprint density at radius 2 is 1.51 bits per heavy atom. The average molecular weight is 685 g/mol. The molecule has 0 aliphatic carbocycles. The summed E-state index contributed by atoms with van der Waals surface area (Å²) in [5.41, 5.74) is 9.77. The minimum absolute atomic E-state index is 0.219. The first-order valence-corrected chi connectivity index (χ1v) is 20.0. The fourth-order valence-electron chi connectivity index (χ4n) is 6.94. The van der Waals surface area contributed by atoms with E-state index in [4.69, 9.17) is 0 Å². The molecular weight excluding hydrogens is 629 g/mol. The van der Waals surface area contributed by atoms with Gasteiger partial charge in [-0.25, -0.2) is 8.42 Å². The lowest BCUT2D eigenvalue weighted by Crippen LogP contribution is -2.41. The molecule has 4 aromatic rings. The van der Waals surface area contributed by atoms with Crippen molar-refractivity contribution < 1.29 is 13.2 Å². The van der Waals surface area contributed by atoms with Crippen LogP contribution in [0.15, 0.2) is 60.7 Å². The molecule has 3 aromatic carbocycles. The Morgan fingerprint density at radius 3 is 2.12 bits per heavy atom. The van der Waals surface area contributed by atoms with Crippen molar-refractivity contribution in [3.05, 3.63) is 88.5 Å². The van der Waals surface area contributed by atoms with E-state index in [9.17, 15) is 13.2 Å². The Morgan fingerprint density at radius 1 is 0.857 bits per heavy atom. The van der Waals surface area contributed by atoms with Crippen molar-refractivity contribution in [2.24, 2.45) is 0 Å². The minimum atomic E-state index is -3.27. The SMILES string of the molecule is CC(C)c1cc(-c2[nH]c3ccc(C(C)(C)C(=O)N4CCCC4)cc3c2CCNCCCCc2ccc(NS(C)(=O)=O)cc2)cc(C(C)C)c1. The van der Waals surface area contributed by atoms with E-state index in [0.717, 1.165) is 82.0 Å². The van der Waals surface area contributed by atoms with E-state index in [2.05, 4.69) is 93.0 Å². The van der Waals surface area contributed by atoms with Crippen LogP contribution in [0, 0.1) is 0 Å². The van der Waals surface area contributed by atoms with Gasteiger partial charge in [0.25, 0.3) is 0 Å². The second kappa shape index (κ2) is 15.5. The summed E-state index contributed by atoms with van der Waals surface area (Å²) in [6, 6.07) is 21.3. The Labute approximate surface area is 294 Å². The van der Waals surface area contributed by atoms with Crippen LogP contribution in [0.2, 0.25) is 0 Å². The monoisotopic (exact) mass is 684 g/mol. The van der Waals surface area contributed by atoms with Crippen molar-refractivity contribution in [3.63, 3.8) is 0 Å². The molecule has 49 heavy (non-hydrogen) atoms. The molecule has 2 heterocycles. The third-order valence-corrected chi connectivity index (χ3v) is 10.6. The van der Waals surface area contributed by atoms with Crippen molar-refractivity contribution in [3.8, 4) is 11.3 Å². The molecule has 1 amide bonds. The van der Waals surface area contributed by atoms with Gasteiger partial charge in [0.2, 0.25) is 15.9 Å². The van der Waals surface area contributed by atoms with Crippen LogP contribution in [0.4, 0.5) is 5.69 Å². The fourth-order valence-corrected chi connectivity index (χ4v) is 7.50. The number of amides is 1. The second-order valence-electron chi connectivity index (χ2n) is 15.1. The number of hydrogen-bond donors (Lipinski definition) is 3. The highest BCUT2D eigenvalue weighted by molar-refractivity contribution is 7.92. The maximum Gasteiger partial charge on any atom is 0.232 e. The molecule has 0 spiro atoms. The number of anilines is 1. The summed E-state index contributed by atoms with van der Waals surface area (Å²) in [5.74, 6) is 1.08. The van der Waals surface area contributed by atoms with E-state index in [0.29, 0.717) is 17.5 Å². The molecule has 3 N–H and O–H groups in total. The van der Waals surface area contributed by atoms with E-state index in [1.54, 1.807) is 0 Å². The molecule has 0 radical (unpaired) electrons. The molecule has 0 saturated carbocycles. The van der Waals surface area contributed by atoms with Crippen LogP contribution in [0.25, 0.3) is 22.2 Å². The molecule has 1 fully saturated rings. The first-order chi connectivity index (χ1) is 23.2. The summed E-state index contributed by atoms with van der Waals surface area (Å²) in [6.07, 6.45) is 7.26. The van der Waals surface area contributed by atoms with E-state index in [1.807, 2.05) is 29.2 Å². The molecule has 0 bridgehead atoms. The van der Waals surface area contributed by atoms with E-state index < -0.39 is 15.4 Å². The molecule has 0 atom stereocenters. The molecule has 264 valence electrons. The van der Waals surface area contributed by atoms with Crippen LogP contribution in [0.5, 0.6) is 0 Å². The number of nitrogens with one attached hydrogen (secondary N) is 3. The molecular formula is C41H56N4O3S. The highest BCUT2D eigenvalue weighted by atomic mass is 32.2. The standard InChI is InChI=1S/C41H56N4O3S/c1-28(2)31-24-32(29(3)4)26-33(25-31)39-36(19-21-42-20-9-8-12-30-13-16-35(17-14-30)44-49(7,47)48)37-27-34(15-18-38(37)43-39)41(5,6)40(46)45-22-10-11-23-45/h13-18,24-29,42-44H,8-12,19-23H2,1-7H3. The molecule has 5 rings (SSSR count). The zero-order valence-electron chi connectivity index (χ0n) is 30.6. The largest absolute Gasteiger partial charge is 0.354 e. The smallest absolute Gasteiger partial charge is 0.232 e. The highest BCUT2D eigenvalue weighted by Gasteiger charge is 2.35. The maximum atomic E-state index is 13.7. The van der Waals surface area contributed by atoms with Crippen molar-refractivity contribution in [1.29, 1.82) is 0 Å². The van der Waals surface area contributed by atoms with Gasteiger partial charge in [-0.3, -0.25) is 9.52 Å². The second-order valence-corrected chi connectivity index (χ2v) is 16.8. The number of carbonyl (C=O) groups is 1. The Bertz CT molecular complexity index is 1820. The van der Waals surface area contributed by atoms with Gasteiger partial charge >= 0.3 is 0 Å². The van der Waals surface area contributed by atoms with Crippen LogP contribution < -0.4 is 10.0 Å². The zero-order valence-corrected chi connectivity index (χ0v) is 31.4. The average Bonchev–Trinajstić information content (AvgIpc) is 3.72. The number of aromatic amines is 1. The van der Waals surface area contributed by atoms with Gasteiger partial charge in [-0.15, -0.1) is 0 Å². The summed E-state index contributed by atoms with van der Waals surface area (Å²) >= 11 is 0. The van der Waals surface area contributed by atoms with E-state index >= 15 is 0 Å². The number of fused-ring (bicyclic) bond motifs is 1. The molecule has 1 aliphatic heterocycles. The van der Waals surface area contributed by atoms with Crippen LogP contribution in [0.1, 0.15) is 107 Å². The number of aromatic nitrogens is 1. The number of sulfonamides is 1. The summed E-state index contributed by atoms with van der Waals surface area (Å²) in [5, 5.41) is 4.90. The lowest BCUT2D eigenvalue weighted by atomic mass is 9.82. The first-order valence-electron chi connectivity index (χ1n) is 18.1. The Balaban J connectivity index is 1.34. The van der Waals surface area contributed by atoms with Crippen molar-refractivity contribution >= 4 is 32.5 Å². The van der Waals surface area contributed by atoms with Crippen molar-refractivity contribution in [2.75, 3.05) is 37.2 Å². The predicted octanol–water partition coefficient (Wildman–Crippen LogP) is 8.51. The number of unbranched alkanes of at least 4 members (excludes halogenated alkanes) is 1. The molecule has 0 unspecified atom stereocenters. The van der Waals surface area contributed by atoms with Crippen LogP contribution in [0.3, 0.4) is 0 Å². The van der Waals surface area contributed by atoms with Crippen LogP contribution >= 0.6 is 0 Å². The quantitative estimate of drug-likeness (QED) is 0.110. The predicted molar refractivity (Wildman–Crippen MR) is 205 cm³/mol. The number of nitrogens with zero attached hydrogens (tertiary/aromatic N) is 1. The highest BCUT2D eigenvalue weighted by Crippen LogP contribution is 2.37. The van der Waals surface area contributed by atoms with Gasteiger partial charge in [-0.05, 0) is 147 Å². The zero-order chi connectivity index (χ0) is 35.3. The Kier molecular flexibility index (Phi) is 11.6. The number of carbonyl (C=O) groups excluding carboxylic acids is 1. The summed E-state index contributed by atoms with van der Waals surface area (Å²) in [6.45, 7) is 16.7. The van der Waals surface area contributed by atoms with Gasteiger partial charge < -0.3 is 15.2 Å². The molecule has 1 aromatic heterocycles. The van der Waals surface area contributed by atoms with Gasteiger partial charge in [0.05, 0.1) is 11.7 Å². The van der Waals surface area contributed by atoms with Gasteiger partial charge in [0.1, 0.15) is 0 Å². The maximum absolute atomic E-state index is 13.7. The topological polar surface area (TPSA) is 94.3 Å². The lowest BCUT2D eigenvalue weighted by molar-refractivity contribution is -0.135. The van der Waals surface area contributed by atoms with Crippen LogP contribution in [-0.4, -0.2) is 56.6 Å². The summed E-state index contributed by atoms with van der Waals surface area (Å²) in [4.78, 5) is 19.5. The third-order valence-electron chi connectivity index (χ3n) is 10.0. The molecule has 1 aliphatic rings. The van der Waals surface area contributed by atoms with E-state index in [-0.39, 0.29) is 5.91 Å². The van der Waals surface area contributed by atoms with Gasteiger partial charge in [-0.1, -0.05) is 52.0 Å². The van der Waals surface area contributed by atoms with Gasteiger partial charge in [0, 0.05) is 35.4 Å². The molecule has 8 heteroatoms. The number of H-pyrrole nitrogens is 1. The van der Waals surface area contributed by atoms with Crippen molar-refractivity contribution in [2.45, 2.75) is 97.3 Å². The molecule has 7 nitrogen and oxygen atoms in total. The number of benzene rings is 3. The van der Waals surface area contributed by atoms with E-state index in [1.165, 1.54) is 38.9 Å². The number of hydrogen-bond acceptors (Lipinski definition) is 4. The number of rotatable bonds is 15. The Hall–Kier alpha value is -3.62. The molecule has 1 saturated heterocycles. The van der Waals surface area contributed by atoms with Gasteiger partial charge in [0.15, 0.2) is 0 Å². The normalized spacial score (nSPS) is 14.0. The lowest BCUT2D eigenvalue weighted by Gasteiger charge is -2.29. The number of aryl methyl sites for hydroxylation is 1. The van der Waals surface area contributed by atoms with Crippen LogP contribution in [-0.2, 0) is 33.1 Å². The third kappa shape index (κ3) is 9.14. The van der Waals surface area contributed by atoms with Crippen molar-refractivity contribution in [1.82, 2.24) is 15.2 Å². The van der Waals surface area contributed by atoms with Gasteiger partial charge in [-0.2, -0.15) is 0 Å². The minimum Gasteiger partial charge on any atom is -0.354 e. The summed E-state index contributed by atoms with van der Waals surface area (Å²) in [7, 11) is -3.27. The first kappa shape index (κ1) is 36.7. The summed E-state index contributed by atoms with van der Waals surface area (Å²) < 4.78 is 25.5. The number of likely N-dealkylation sites (tertiary alicyclic amines) is 1.